The monoisotopic (exact) mass is 530 g/mol. The molecule has 0 saturated carbocycles. The van der Waals surface area contributed by atoms with Gasteiger partial charge in [0.15, 0.2) is 0 Å². The Morgan fingerprint density at radius 1 is 0.656 bits per heavy atom. The first-order valence-electron chi connectivity index (χ1n) is 9.87. The summed E-state index contributed by atoms with van der Waals surface area (Å²) in [6.45, 7) is 8.78. The van der Waals surface area contributed by atoms with Crippen LogP contribution in [0.3, 0.4) is 0 Å². The molecular formula is C26H30F2O2SiZr. The molecule has 0 radical (unpaired) electrons. The van der Waals surface area contributed by atoms with E-state index in [2.05, 4.69) is 51.2 Å². The second-order valence-corrected chi connectivity index (χ2v) is 16.3. The van der Waals surface area contributed by atoms with Gasteiger partial charge in [0.05, 0.1) is 0 Å². The van der Waals surface area contributed by atoms with E-state index in [1.807, 2.05) is 24.3 Å². The van der Waals surface area contributed by atoms with Crippen LogP contribution in [0.15, 0.2) is 97.1 Å². The minimum Gasteiger partial charge on any atom is -0.508 e. The van der Waals surface area contributed by atoms with E-state index in [4.69, 9.17) is 10.2 Å². The third-order valence-corrected chi connectivity index (χ3v) is 3.31. The molecule has 4 aromatic rings. The Hall–Kier alpha value is -2.30. The van der Waals surface area contributed by atoms with Crippen LogP contribution in [0, 0.1) is 25.5 Å². The van der Waals surface area contributed by atoms with Gasteiger partial charge in [0.2, 0.25) is 0 Å². The normalized spacial score (nSPS) is 8.75. The molecule has 0 saturated heterocycles. The van der Waals surface area contributed by atoms with Gasteiger partial charge in [-0.3, -0.25) is 0 Å². The largest absolute Gasteiger partial charge is 0.508 e. The number of hydrogen-bond acceptors (Lipinski definition) is 2. The van der Waals surface area contributed by atoms with Crippen LogP contribution in [-0.2, 0) is 23.3 Å². The first-order valence-corrected chi connectivity index (χ1v) is 16.1. The van der Waals surface area contributed by atoms with Gasteiger partial charge in [0.25, 0.3) is 0 Å². The summed E-state index contributed by atoms with van der Waals surface area (Å²) in [7, 11) is 0. The van der Waals surface area contributed by atoms with Crippen molar-refractivity contribution in [3.63, 3.8) is 0 Å². The van der Waals surface area contributed by atoms with Crippen molar-refractivity contribution in [2.24, 2.45) is 0 Å². The van der Waals surface area contributed by atoms with Crippen LogP contribution in [-0.4, -0.2) is 15.6 Å². The molecule has 0 atom stereocenters. The van der Waals surface area contributed by atoms with Crippen LogP contribution in [0.1, 0.15) is 11.1 Å². The molecule has 0 spiro atoms. The summed E-state index contributed by atoms with van der Waals surface area (Å²) in [5.74, 6) is -0.483. The third kappa shape index (κ3) is 19.7. The van der Waals surface area contributed by atoms with E-state index >= 15 is 0 Å². The van der Waals surface area contributed by atoms with E-state index in [-0.39, 0.29) is 28.6 Å². The first kappa shape index (κ1) is 29.7. The van der Waals surface area contributed by atoms with Gasteiger partial charge in [-0.25, -0.2) is 32.0 Å². The van der Waals surface area contributed by atoms with Gasteiger partial charge in [0.1, 0.15) is 23.1 Å². The third-order valence-electron chi connectivity index (χ3n) is 3.31. The zero-order valence-electron chi connectivity index (χ0n) is 18.9. The van der Waals surface area contributed by atoms with Crippen LogP contribution in [0.4, 0.5) is 8.78 Å². The van der Waals surface area contributed by atoms with Gasteiger partial charge < -0.3 is 10.2 Å². The van der Waals surface area contributed by atoms with E-state index in [1.165, 1.54) is 59.7 Å². The van der Waals surface area contributed by atoms with Gasteiger partial charge in [-0.1, -0.05) is 13.8 Å². The van der Waals surface area contributed by atoms with Crippen LogP contribution >= 0.6 is 0 Å². The first-order chi connectivity index (χ1) is 15.1. The summed E-state index contributed by atoms with van der Waals surface area (Å²) < 4.78 is 24.0. The van der Waals surface area contributed by atoms with E-state index < -0.39 is 0 Å². The Labute approximate surface area is 205 Å². The van der Waals surface area contributed by atoms with Crippen LogP contribution in [0.5, 0.6) is 11.5 Å². The summed E-state index contributed by atoms with van der Waals surface area (Å²) in [5.41, 5.74) is 2.90. The molecule has 6 heteroatoms. The van der Waals surface area contributed by atoms with E-state index in [9.17, 15) is 8.78 Å². The van der Waals surface area contributed by atoms with Crippen molar-refractivity contribution >= 4 is 5.43 Å². The van der Waals surface area contributed by atoms with Crippen molar-refractivity contribution in [3.8, 4) is 11.5 Å². The molecule has 32 heavy (non-hydrogen) atoms. The number of halogens is 2. The molecule has 0 amide bonds. The Kier molecular flexibility index (Phi) is 17.0. The Morgan fingerprint density at radius 3 is 1.06 bits per heavy atom. The number of aromatic hydroxyl groups is 2. The maximum atomic E-state index is 12.0. The summed E-state index contributed by atoms with van der Waals surface area (Å²) in [6.07, 6.45) is 0. The minimum atomic E-state index is -0.331. The number of phenols is 2. The predicted octanol–water partition coefficient (Wildman–Crippen LogP) is 7.27. The fourth-order valence-electron chi connectivity index (χ4n) is 1.82. The number of hydrogen-bond donors (Lipinski definition) is 2. The second-order valence-electron chi connectivity index (χ2n) is 6.88. The quantitative estimate of drug-likeness (QED) is 0.185. The zero-order chi connectivity index (χ0) is 24.4. The molecular weight excluding hydrogens is 502 g/mol. The average Bonchev–Trinajstić information content (AvgIpc) is 3.41. The van der Waals surface area contributed by atoms with Gasteiger partial charge in [-0.15, -0.1) is 0 Å². The van der Waals surface area contributed by atoms with Crippen LogP contribution in [0.2, 0.25) is 13.1 Å². The topological polar surface area (TPSA) is 40.5 Å². The summed E-state index contributed by atoms with van der Waals surface area (Å²) in [5, 5.41) is 17.2. The Bertz CT molecular complexity index is 829. The Balaban J connectivity index is 0.000000383. The molecule has 0 heterocycles. The van der Waals surface area contributed by atoms with E-state index in [0.29, 0.717) is 0 Å². The van der Waals surface area contributed by atoms with Gasteiger partial charge in [0, 0.05) is 0 Å². The predicted molar refractivity (Wildman–Crippen MR) is 127 cm³/mol. The second kappa shape index (κ2) is 18.3. The summed E-state index contributed by atoms with van der Waals surface area (Å²) >= 11 is 1.74. The number of aryl methyl sites for hydroxylation is 2. The fourth-order valence-corrected chi connectivity index (χ4v) is 1.82. The van der Waals surface area contributed by atoms with Gasteiger partial charge in [-0.2, -0.15) is 36.4 Å². The maximum absolute atomic E-state index is 12.0. The fraction of sp³-hybridized carbons (Fsp3) is 0.154. The average molecular weight is 532 g/mol. The number of rotatable bonds is 0. The summed E-state index contributed by atoms with van der Waals surface area (Å²) in [4.78, 5) is 0. The molecule has 4 rings (SSSR count). The maximum Gasteiger partial charge on any atom is 0.123 e. The molecule has 0 unspecified atom stereocenters. The van der Waals surface area contributed by atoms with Crippen molar-refractivity contribution in [2.75, 3.05) is 0 Å². The van der Waals surface area contributed by atoms with Gasteiger partial charge >= 0.3 is 41.9 Å². The van der Waals surface area contributed by atoms with Crippen molar-refractivity contribution in [2.45, 2.75) is 26.9 Å². The molecule has 2 N–H and O–H groups in total. The standard InChI is InChI=1S/2C6H5FO.2C6H7.C2H6Si.Zr/c2*7-5-1-3-6(8)4-2-5;2*1-6-4-2-3-5-6;1-3-2;/h2*1-4,8H;2*2-5H,1H3;1-2H3;/q;;2*-1;;+2. The minimum absolute atomic E-state index is 0.0893. The molecule has 0 aliphatic carbocycles. The molecule has 0 aliphatic rings. The molecule has 0 aliphatic heterocycles. The number of benzene rings is 2. The SMILES string of the molecule is C[Si](C)=[Zr+2].Cc1cc[cH-]c1.Cc1cc[cH-]c1.Oc1ccc(F)cc1.Oc1ccc(F)cc1. The van der Waals surface area contributed by atoms with Crippen LogP contribution in [0.25, 0.3) is 0 Å². The van der Waals surface area contributed by atoms with Crippen molar-refractivity contribution in [3.05, 3.63) is 120 Å². The van der Waals surface area contributed by atoms with Gasteiger partial charge in [-0.05, 0) is 48.5 Å². The molecule has 0 bridgehead atoms. The molecule has 2 nitrogen and oxygen atoms in total. The van der Waals surface area contributed by atoms with Crippen molar-refractivity contribution in [1.29, 1.82) is 0 Å². The van der Waals surface area contributed by atoms with Crippen LogP contribution < -0.4 is 0 Å². The smallest absolute Gasteiger partial charge is 0.123 e. The van der Waals surface area contributed by atoms with E-state index in [1.54, 1.807) is 23.3 Å². The molecule has 4 aromatic carbocycles. The molecule has 168 valence electrons. The summed E-state index contributed by atoms with van der Waals surface area (Å²) in [6, 6.07) is 26.5. The number of phenolic OH excluding ortho intramolecular Hbond substituents is 2. The Morgan fingerprint density at radius 2 is 0.938 bits per heavy atom. The van der Waals surface area contributed by atoms with E-state index in [0.717, 1.165) is 0 Å². The zero-order valence-corrected chi connectivity index (χ0v) is 22.3. The van der Waals surface area contributed by atoms with Crippen molar-refractivity contribution < 1.29 is 42.3 Å². The van der Waals surface area contributed by atoms with Crippen molar-refractivity contribution in [1.82, 2.24) is 0 Å². The molecule has 0 fully saturated rings. The molecule has 0 aromatic heterocycles.